The van der Waals surface area contributed by atoms with Crippen molar-refractivity contribution >= 4 is 11.9 Å². The second-order valence-corrected chi connectivity index (χ2v) is 7.25. The molecule has 0 bridgehead atoms. The third-order valence-electron chi connectivity index (χ3n) is 5.38. The van der Waals surface area contributed by atoms with Crippen molar-refractivity contribution in [2.75, 3.05) is 26.7 Å². The summed E-state index contributed by atoms with van der Waals surface area (Å²) in [5, 5.41) is 12.0. The highest BCUT2D eigenvalue weighted by molar-refractivity contribution is 5.81. The Morgan fingerprint density at radius 3 is 2.73 bits per heavy atom. The molecule has 6 nitrogen and oxygen atoms in total. The fraction of sp³-hybridized carbons (Fsp3) is 0.600. The number of hydrogen-bond acceptors (Lipinski definition) is 4. The third-order valence-corrected chi connectivity index (χ3v) is 5.38. The zero-order valence-electron chi connectivity index (χ0n) is 16.1. The minimum absolute atomic E-state index is 0.0468. The van der Waals surface area contributed by atoms with Gasteiger partial charge in [-0.3, -0.25) is 19.4 Å². The van der Waals surface area contributed by atoms with Crippen molar-refractivity contribution in [1.82, 2.24) is 15.1 Å². The Morgan fingerprint density at radius 2 is 2.04 bits per heavy atom. The molecule has 1 aliphatic rings. The van der Waals surface area contributed by atoms with Crippen molar-refractivity contribution in [2.24, 2.45) is 0 Å². The summed E-state index contributed by atoms with van der Waals surface area (Å²) in [6, 6.07) is 8.15. The maximum absolute atomic E-state index is 12.6. The van der Waals surface area contributed by atoms with E-state index < -0.39 is 5.97 Å². The second kappa shape index (κ2) is 9.69. The predicted molar refractivity (Wildman–Crippen MR) is 102 cm³/mol. The molecule has 1 saturated heterocycles. The van der Waals surface area contributed by atoms with Crippen LogP contribution in [0, 0.1) is 6.92 Å². The molecule has 2 rings (SSSR count). The highest BCUT2D eigenvalue weighted by Crippen LogP contribution is 2.17. The molecule has 0 aromatic heterocycles. The number of benzene rings is 1. The van der Waals surface area contributed by atoms with Crippen molar-refractivity contribution in [3.8, 4) is 0 Å². The lowest BCUT2D eigenvalue weighted by Crippen LogP contribution is -2.45. The summed E-state index contributed by atoms with van der Waals surface area (Å²) < 4.78 is 0. The highest BCUT2D eigenvalue weighted by atomic mass is 16.4. The number of aryl methyl sites for hydroxylation is 1. The van der Waals surface area contributed by atoms with Crippen LogP contribution in [0.15, 0.2) is 24.3 Å². The number of aliphatic carboxylic acids is 1. The molecule has 0 saturated carbocycles. The number of hydrogen-bond donors (Lipinski definition) is 2. The largest absolute Gasteiger partial charge is 0.480 e. The maximum Gasteiger partial charge on any atom is 0.317 e. The van der Waals surface area contributed by atoms with Crippen LogP contribution in [0.1, 0.15) is 37.3 Å². The molecule has 26 heavy (non-hydrogen) atoms. The molecule has 6 heteroatoms. The molecular weight excluding hydrogens is 330 g/mol. The minimum Gasteiger partial charge on any atom is -0.480 e. The number of carboxylic acids is 1. The first-order valence-electron chi connectivity index (χ1n) is 9.36. The van der Waals surface area contributed by atoms with Crippen LogP contribution in [0.25, 0.3) is 0 Å². The van der Waals surface area contributed by atoms with Crippen molar-refractivity contribution in [1.29, 1.82) is 0 Å². The van der Waals surface area contributed by atoms with Crippen molar-refractivity contribution < 1.29 is 14.7 Å². The Labute approximate surface area is 156 Å². The van der Waals surface area contributed by atoms with Gasteiger partial charge in [0.1, 0.15) is 0 Å². The van der Waals surface area contributed by atoms with Gasteiger partial charge in [0.15, 0.2) is 0 Å². The van der Waals surface area contributed by atoms with Crippen LogP contribution in [0.4, 0.5) is 0 Å². The average Bonchev–Trinajstić information content (AvgIpc) is 2.85. The van der Waals surface area contributed by atoms with Crippen molar-refractivity contribution in [3.63, 3.8) is 0 Å². The summed E-state index contributed by atoms with van der Waals surface area (Å²) in [6.07, 6.45) is 2.83. The van der Waals surface area contributed by atoms with E-state index in [1.54, 1.807) is 0 Å². The number of carbonyl (C=O) groups excluding carboxylic acids is 1. The second-order valence-electron chi connectivity index (χ2n) is 7.25. The number of nitrogens with one attached hydrogen (secondary N) is 1. The monoisotopic (exact) mass is 361 g/mol. The summed E-state index contributed by atoms with van der Waals surface area (Å²) in [5.41, 5.74) is 2.32. The van der Waals surface area contributed by atoms with Crippen LogP contribution >= 0.6 is 0 Å². The number of nitrogens with zero attached hydrogens (tertiary/aromatic N) is 2. The standard InChI is InChI=1S/C20H31N3O3/c1-15-7-4-5-8-17(15)13-21-20(26)16(2)23-11-6-9-18(10-12-23)22(3)14-19(24)25/h4-5,7-8,16,18H,6,9-14H2,1-3H3,(H,21,26)(H,24,25). The number of likely N-dealkylation sites (N-methyl/N-ethyl adjacent to an activating group) is 1. The zero-order chi connectivity index (χ0) is 19.1. The first-order valence-corrected chi connectivity index (χ1v) is 9.36. The van der Waals surface area contributed by atoms with E-state index in [0.717, 1.165) is 37.9 Å². The normalized spacial score (nSPS) is 19.8. The van der Waals surface area contributed by atoms with E-state index in [1.807, 2.05) is 50.1 Å². The van der Waals surface area contributed by atoms with Crippen LogP contribution in [-0.2, 0) is 16.1 Å². The minimum atomic E-state index is -0.794. The Hall–Kier alpha value is -1.92. The smallest absolute Gasteiger partial charge is 0.317 e. The van der Waals surface area contributed by atoms with Crippen molar-refractivity contribution in [2.45, 2.75) is 51.7 Å². The first-order chi connectivity index (χ1) is 12.4. The molecule has 1 aliphatic heterocycles. The molecule has 1 aromatic rings. The third kappa shape index (κ3) is 5.81. The molecule has 1 amide bonds. The summed E-state index contributed by atoms with van der Waals surface area (Å²) in [7, 11) is 1.87. The van der Waals surface area contributed by atoms with E-state index in [2.05, 4.69) is 10.2 Å². The van der Waals surface area contributed by atoms with Gasteiger partial charge >= 0.3 is 5.97 Å². The molecule has 144 valence electrons. The first kappa shape index (κ1) is 20.4. The fourth-order valence-electron chi connectivity index (χ4n) is 3.58. The van der Waals surface area contributed by atoms with Gasteiger partial charge in [0.25, 0.3) is 0 Å². The summed E-state index contributed by atoms with van der Waals surface area (Å²) in [6.45, 7) is 6.30. The summed E-state index contributed by atoms with van der Waals surface area (Å²) in [5.74, 6) is -0.747. The number of rotatable bonds is 7. The Kier molecular flexibility index (Phi) is 7.60. The molecule has 0 spiro atoms. The average molecular weight is 361 g/mol. The number of amides is 1. The van der Waals surface area contributed by atoms with Gasteiger partial charge in [0, 0.05) is 19.1 Å². The lowest BCUT2D eigenvalue weighted by Gasteiger charge is -2.28. The zero-order valence-corrected chi connectivity index (χ0v) is 16.1. The molecule has 1 fully saturated rings. The molecule has 2 N–H and O–H groups in total. The Balaban J connectivity index is 1.85. The van der Waals surface area contributed by atoms with Crippen LogP contribution < -0.4 is 5.32 Å². The quantitative estimate of drug-likeness (QED) is 0.776. The highest BCUT2D eigenvalue weighted by Gasteiger charge is 2.26. The van der Waals surface area contributed by atoms with E-state index in [4.69, 9.17) is 5.11 Å². The van der Waals surface area contributed by atoms with E-state index in [0.29, 0.717) is 6.54 Å². The van der Waals surface area contributed by atoms with Gasteiger partial charge in [0.2, 0.25) is 5.91 Å². The number of carbonyl (C=O) groups is 2. The van der Waals surface area contributed by atoms with Crippen molar-refractivity contribution in [3.05, 3.63) is 35.4 Å². The topological polar surface area (TPSA) is 72.9 Å². The van der Waals surface area contributed by atoms with Gasteiger partial charge in [0.05, 0.1) is 12.6 Å². The van der Waals surface area contributed by atoms with Crippen LogP contribution in [0.3, 0.4) is 0 Å². The van der Waals surface area contributed by atoms with Crippen LogP contribution in [-0.4, -0.2) is 65.5 Å². The van der Waals surface area contributed by atoms with E-state index in [9.17, 15) is 9.59 Å². The van der Waals surface area contributed by atoms with Gasteiger partial charge in [-0.05, 0) is 57.8 Å². The van der Waals surface area contributed by atoms with Gasteiger partial charge in [-0.25, -0.2) is 0 Å². The molecular formula is C20H31N3O3. The van der Waals surface area contributed by atoms with E-state index in [1.165, 1.54) is 5.56 Å². The van der Waals surface area contributed by atoms with Crippen LogP contribution in [0.5, 0.6) is 0 Å². The van der Waals surface area contributed by atoms with E-state index in [-0.39, 0.29) is 24.5 Å². The molecule has 0 radical (unpaired) electrons. The van der Waals surface area contributed by atoms with Gasteiger partial charge in [-0.15, -0.1) is 0 Å². The summed E-state index contributed by atoms with van der Waals surface area (Å²) in [4.78, 5) is 27.6. The van der Waals surface area contributed by atoms with Gasteiger partial charge in [-0.2, -0.15) is 0 Å². The summed E-state index contributed by atoms with van der Waals surface area (Å²) >= 11 is 0. The fourth-order valence-corrected chi connectivity index (χ4v) is 3.58. The molecule has 1 heterocycles. The molecule has 2 unspecified atom stereocenters. The number of likely N-dealkylation sites (tertiary alicyclic amines) is 1. The molecule has 1 aromatic carbocycles. The molecule has 0 aliphatic carbocycles. The Morgan fingerprint density at radius 1 is 1.31 bits per heavy atom. The lowest BCUT2D eigenvalue weighted by molar-refractivity contribution is -0.138. The lowest BCUT2D eigenvalue weighted by atomic mass is 10.1. The SMILES string of the molecule is Cc1ccccc1CNC(=O)C(C)N1CCCC(N(C)CC(=O)O)CC1. The van der Waals surface area contributed by atoms with Gasteiger partial charge in [-0.1, -0.05) is 24.3 Å². The molecule has 2 atom stereocenters. The number of carboxylic acid groups (broad SMARTS) is 1. The van der Waals surface area contributed by atoms with Crippen LogP contribution in [0.2, 0.25) is 0 Å². The maximum atomic E-state index is 12.6. The van der Waals surface area contributed by atoms with Gasteiger partial charge < -0.3 is 10.4 Å². The van der Waals surface area contributed by atoms with E-state index >= 15 is 0 Å². The predicted octanol–water partition coefficient (Wildman–Crippen LogP) is 1.87. The Bertz CT molecular complexity index is 620.